The molecule has 9 amide bonds. The SMILES string of the molecule is CC(C)CC(NC(=O)C(CC(C)C)NC(=O)C(N)C(C)O)C(=O)NC(Cc1ccccc1)C(=O)NC(CO)C(=O)NC(Cc1ccccc1)C(=O)NC(C)C(=O)NC(CCC(N)=O)C(=O)NC(C)C(=O)O. The number of carboxylic acid groups (broad SMARTS) is 1. The van der Waals surface area contributed by atoms with Crippen molar-refractivity contribution in [2.45, 2.75) is 147 Å². The summed E-state index contributed by atoms with van der Waals surface area (Å²) in [5.74, 6) is -9.41. The monoisotopic (exact) mass is 997 g/mol. The molecular formula is C48H72N10O13. The van der Waals surface area contributed by atoms with Crippen molar-refractivity contribution in [2.75, 3.05) is 6.61 Å². The van der Waals surface area contributed by atoms with E-state index in [1.165, 1.54) is 20.8 Å². The molecule has 2 rings (SSSR count). The van der Waals surface area contributed by atoms with Crippen molar-refractivity contribution in [2.24, 2.45) is 23.3 Å². The maximum Gasteiger partial charge on any atom is 0.325 e. The van der Waals surface area contributed by atoms with Gasteiger partial charge < -0.3 is 69.3 Å². The normalized spacial score (nSPS) is 15.4. The summed E-state index contributed by atoms with van der Waals surface area (Å²) in [5.41, 5.74) is 12.2. The van der Waals surface area contributed by atoms with Gasteiger partial charge >= 0.3 is 5.97 Å². The topological polar surface area (TPSA) is 380 Å². The summed E-state index contributed by atoms with van der Waals surface area (Å²) in [7, 11) is 0. The van der Waals surface area contributed by atoms with Crippen LogP contribution in [0.5, 0.6) is 0 Å². The lowest BCUT2D eigenvalue weighted by atomic mass is 9.99. The standard InChI is InChI=1S/C48H72N10O13/c1-25(2)20-33(54-44(66)34(21-26(3)4)57-47(69)39(50)29(7)60)43(65)55-36(23-31-16-12-9-13-17-31)45(67)58-37(24-59)46(68)56-35(22-30-14-10-8-11-15-30)42(64)51-27(5)40(62)53-32(18-19-38(49)61)41(63)52-28(6)48(70)71/h8-17,25-29,32-37,39,59-60H,18-24,50H2,1-7H3,(H2,49,61)(H,51,64)(H,52,63)(H,53,62)(H,54,66)(H,55,65)(H,56,68)(H,57,69)(H,58,67)(H,70,71). The number of hydrogen-bond donors (Lipinski definition) is 13. The average molecular weight is 997 g/mol. The molecule has 0 aromatic heterocycles. The third kappa shape index (κ3) is 21.7. The van der Waals surface area contributed by atoms with E-state index in [1.807, 2.05) is 13.8 Å². The molecule has 71 heavy (non-hydrogen) atoms. The first-order valence-electron chi connectivity index (χ1n) is 23.4. The molecule has 0 aliphatic rings. The zero-order valence-corrected chi connectivity index (χ0v) is 41.2. The smallest absolute Gasteiger partial charge is 0.325 e. The number of rotatable bonds is 30. The number of benzene rings is 2. The van der Waals surface area contributed by atoms with Crippen LogP contribution in [0.3, 0.4) is 0 Å². The minimum atomic E-state index is -1.71. The van der Waals surface area contributed by atoms with E-state index in [-0.39, 0.29) is 50.4 Å². The third-order valence-corrected chi connectivity index (χ3v) is 10.9. The number of nitrogens with one attached hydrogen (secondary N) is 8. The summed E-state index contributed by atoms with van der Waals surface area (Å²) in [4.78, 5) is 132. The van der Waals surface area contributed by atoms with E-state index >= 15 is 0 Å². The molecule has 0 aliphatic carbocycles. The van der Waals surface area contributed by atoms with E-state index in [9.17, 15) is 63.3 Å². The summed E-state index contributed by atoms with van der Waals surface area (Å²) >= 11 is 0. The molecule has 0 aliphatic heterocycles. The molecule has 23 nitrogen and oxygen atoms in total. The first-order valence-corrected chi connectivity index (χ1v) is 23.4. The van der Waals surface area contributed by atoms with E-state index < -0.39 is 126 Å². The molecule has 0 saturated heterocycles. The van der Waals surface area contributed by atoms with E-state index in [4.69, 9.17) is 11.5 Å². The second kappa shape index (κ2) is 29.9. The van der Waals surface area contributed by atoms with Crippen molar-refractivity contribution in [1.29, 1.82) is 0 Å². The Labute approximate surface area is 413 Å². The van der Waals surface area contributed by atoms with Crippen molar-refractivity contribution >= 4 is 59.1 Å². The number of carbonyl (C=O) groups is 10. The number of aliphatic hydroxyl groups is 2. The highest BCUT2D eigenvalue weighted by Crippen LogP contribution is 2.12. The van der Waals surface area contributed by atoms with Crippen LogP contribution >= 0.6 is 0 Å². The van der Waals surface area contributed by atoms with E-state index in [0.717, 1.165) is 0 Å². The number of primary amides is 1. The Balaban J connectivity index is 2.39. The van der Waals surface area contributed by atoms with Crippen molar-refractivity contribution in [1.82, 2.24) is 42.5 Å². The molecule has 0 bridgehead atoms. The maximum absolute atomic E-state index is 14.1. The molecule has 0 heterocycles. The fourth-order valence-corrected chi connectivity index (χ4v) is 6.90. The lowest BCUT2D eigenvalue weighted by Crippen LogP contribution is -2.61. The Morgan fingerprint density at radius 2 is 0.831 bits per heavy atom. The van der Waals surface area contributed by atoms with E-state index in [2.05, 4.69) is 42.5 Å². The maximum atomic E-state index is 14.1. The second-order valence-corrected chi connectivity index (χ2v) is 18.3. The zero-order valence-electron chi connectivity index (χ0n) is 41.2. The van der Waals surface area contributed by atoms with Gasteiger partial charge in [0.2, 0.25) is 53.2 Å². The molecule has 23 heteroatoms. The lowest BCUT2D eigenvalue weighted by molar-refractivity contribution is -0.142. The van der Waals surface area contributed by atoms with Gasteiger partial charge in [0.25, 0.3) is 0 Å². The van der Waals surface area contributed by atoms with Crippen LogP contribution in [0.2, 0.25) is 0 Å². The molecule has 15 N–H and O–H groups in total. The number of amides is 9. The molecule has 2 aromatic rings. The molecule has 0 fully saturated rings. The van der Waals surface area contributed by atoms with Gasteiger partial charge in [-0.25, -0.2) is 0 Å². The number of aliphatic hydroxyl groups excluding tert-OH is 2. The molecule has 0 spiro atoms. The van der Waals surface area contributed by atoms with Crippen LogP contribution in [0.1, 0.15) is 85.3 Å². The molecule has 10 unspecified atom stereocenters. The number of hydrogen-bond acceptors (Lipinski definition) is 13. The van der Waals surface area contributed by atoms with Crippen LogP contribution in [0.15, 0.2) is 60.7 Å². The summed E-state index contributed by atoms with van der Waals surface area (Å²) in [5, 5.41) is 49.5. The molecule has 2 aromatic carbocycles. The molecule has 0 saturated carbocycles. The van der Waals surface area contributed by atoms with Crippen LogP contribution in [0.25, 0.3) is 0 Å². The first kappa shape index (κ1) is 60.1. The van der Waals surface area contributed by atoms with Crippen LogP contribution in [0, 0.1) is 11.8 Å². The van der Waals surface area contributed by atoms with Gasteiger partial charge in [-0.1, -0.05) is 88.4 Å². The fourth-order valence-electron chi connectivity index (χ4n) is 6.90. The van der Waals surface area contributed by atoms with E-state index in [1.54, 1.807) is 74.5 Å². The highest BCUT2D eigenvalue weighted by Gasteiger charge is 2.35. The van der Waals surface area contributed by atoms with Gasteiger partial charge in [0.15, 0.2) is 0 Å². The van der Waals surface area contributed by atoms with Crippen LogP contribution in [-0.2, 0) is 60.8 Å². The van der Waals surface area contributed by atoms with Crippen molar-refractivity contribution in [3.05, 3.63) is 71.8 Å². The average Bonchev–Trinajstić information content (AvgIpc) is 3.30. The Morgan fingerprint density at radius 3 is 1.24 bits per heavy atom. The van der Waals surface area contributed by atoms with Gasteiger partial charge in [0, 0.05) is 19.3 Å². The second-order valence-electron chi connectivity index (χ2n) is 18.3. The summed E-state index contributed by atoms with van der Waals surface area (Å²) < 4.78 is 0. The van der Waals surface area contributed by atoms with Gasteiger partial charge in [-0.05, 0) is 63.0 Å². The van der Waals surface area contributed by atoms with Crippen LogP contribution in [0.4, 0.5) is 0 Å². The van der Waals surface area contributed by atoms with Gasteiger partial charge in [-0.3, -0.25) is 47.9 Å². The van der Waals surface area contributed by atoms with Crippen molar-refractivity contribution in [3.63, 3.8) is 0 Å². The Kier molecular flexibility index (Phi) is 25.3. The Hall–Kier alpha value is -6.98. The predicted octanol–water partition coefficient (Wildman–Crippen LogP) is -2.47. The molecule has 0 radical (unpaired) electrons. The Morgan fingerprint density at radius 1 is 0.479 bits per heavy atom. The number of aliphatic carboxylic acids is 1. The van der Waals surface area contributed by atoms with Crippen LogP contribution < -0.4 is 54.0 Å². The quantitative estimate of drug-likeness (QED) is 0.0386. The lowest BCUT2D eigenvalue weighted by Gasteiger charge is -2.28. The van der Waals surface area contributed by atoms with Gasteiger partial charge in [0.1, 0.15) is 54.4 Å². The molecule has 392 valence electrons. The summed E-state index contributed by atoms with van der Waals surface area (Å²) in [6, 6.07) is 4.50. The highest BCUT2D eigenvalue weighted by atomic mass is 16.4. The van der Waals surface area contributed by atoms with Gasteiger partial charge in [-0.15, -0.1) is 0 Å². The van der Waals surface area contributed by atoms with Crippen molar-refractivity contribution in [3.8, 4) is 0 Å². The third-order valence-electron chi connectivity index (χ3n) is 10.9. The summed E-state index contributed by atoms with van der Waals surface area (Å²) in [6.07, 6.45) is -1.88. The molecular weight excluding hydrogens is 925 g/mol. The highest BCUT2D eigenvalue weighted by molar-refractivity contribution is 5.98. The minimum absolute atomic E-state index is 0.0941. The molecule has 10 atom stereocenters. The van der Waals surface area contributed by atoms with Crippen LogP contribution in [-0.4, -0.2) is 142 Å². The number of carboxylic acids is 1. The first-order chi connectivity index (χ1) is 33.3. The number of nitrogens with two attached hydrogens (primary N) is 2. The van der Waals surface area contributed by atoms with Gasteiger partial charge in [0.05, 0.1) is 12.7 Å². The van der Waals surface area contributed by atoms with Gasteiger partial charge in [-0.2, -0.15) is 0 Å². The predicted molar refractivity (Wildman–Crippen MR) is 259 cm³/mol. The Bertz CT molecular complexity index is 2130. The van der Waals surface area contributed by atoms with Crippen molar-refractivity contribution < 1.29 is 63.3 Å². The minimum Gasteiger partial charge on any atom is -0.480 e. The fraction of sp³-hybridized carbons (Fsp3) is 0.542. The zero-order chi connectivity index (χ0) is 53.5. The summed E-state index contributed by atoms with van der Waals surface area (Å²) in [6.45, 7) is 10.0. The largest absolute Gasteiger partial charge is 0.480 e. The van der Waals surface area contributed by atoms with E-state index in [0.29, 0.717) is 11.1 Å². The number of carbonyl (C=O) groups excluding carboxylic acids is 9.